The number of nitrogens with zero attached hydrogens (tertiary/aromatic N) is 2. The third-order valence-electron chi connectivity index (χ3n) is 4.70. The van der Waals surface area contributed by atoms with E-state index in [2.05, 4.69) is 10.3 Å². The molecule has 2 heterocycles. The Balaban J connectivity index is 1.46. The number of anilines is 2. The van der Waals surface area contributed by atoms with E-state index in [-0.39, 0.29) is 25.0 Å². The number of hydrogen-bond acceptors (Lipinski definition) is 5. The third-order valence-corrected chi connectivity index (χ3v) is 5.77. The summed E-state index contributed by atoms with van der Waals surface area (Å²) < 4.78 is 5.41. The fourth-order valence-corrected chi connectivity index (χ4v) is 4.45. The van der Waals surface area contributed by atoms with E-state index in [0.29, 0.717) is 16.6 Å². The van der Waals surface area contributed by atoms with Gasteiger partial charge in [-0.2, -0.15) is 0 Å². The molecule has 0 saturated carbocycles. The van der Waals surface area contributed by atoms with Crippen molar-refractivity contribution in [2.24, 2.45) is 0 Å². The van der Waals surface area contributed by atoms with Crippen LogP contribution in [0.1, 0.15) is 36.3 Å². The number of benzene rings is 1. The molecule has 0 saturated heterocycles. The fourth-order valence-electron chi connectivity index (χ4n) is 3.39. The average Bonchev–Trinajstić information content (AvgIpc) is 2.98. The number of fused-ring (bicyclic) bond motifs is 2. The van der Waals surface area contributed by atoms with Gasteiger partial charge in [-0.1, -0.05) is 25.0 Å². The van der Waals surface area contributed by atoms with Gasteiger partial charge in [0.1, 0.15) is 12.3 Å². The zero-order valence-corrected chi connectivity index (χ0v) is 15.3. The maximum Gasteiger partial charge on any atom is 0.265 e. The topological polar surface area (TPSA) is 71.5 Å². The van der Waals surface area contributed by atoms with Crippen LogP contribution in [0.4, 0.5) is 10.8 Å². The highest BCUT2D eigenvalue weighted by Crippen LogP contribution is 2.32. The molecule has 136 valence electrons. The Morgan fingerprint density at radius 3 is 2.88 bits per heavy atom. The van der Waals surface area contributed by atoms with Gasteiger partial charge in [0.15, 0.2) is 11.7 Å². The van der Waals surface area contributed by atoms with Crippen molar-refractivity contribution in [1.82, 2.24) is 4.98 Å². The Labute approximate surface area is 156 Å². The van der Waals surface area contributed by atoms with Gasteiger partial charge in [0.2, 0.25) is 5.91 Å². The van der Waals surface area contributed by atoms with Crippen molar-refractivity contribution >= 4 is 34.0 Å². The van der Waals surface area contributed by atoms with Gasteiger partial charge in [-0.3, -0.25) is 14.5 Å². The van der Waals surface area contributed by atoms with Gasteiger partial charge in [0.05, 0.1) is 11.4 Å². The summed E-state index contributed by atoms with van der Waals surface area (Å²) in [4.78, 5) is 32.1. The van der Waals surface area contributed by atoms with Crippen molar-refractivity contribution in [2.45, 2.75) is 38.5 Å². The normalized spacial score (nSPS) is 16.8. The molecule has 6 nitrogen and oxygen atoms in total. The number of nitrogens with one attached hydrogen (secondary N) is 1. The lowest BCUT2D eigenvalue weighted by atomic mass is 10.0. The lowest BCUT2D eigenvalue weighted by Gasteiger charge is -2.28. The van der Waals surface area contributed by atoms with Gasteiger partial charge in [0, 0.05) is 4.88 Å². The summed E-state index contributed by atoms with van der Waals surface area (Å²) in [5, 5.41) is 3.51. The van der Waals surface area contributed by atoms with Gasteiger partial charge in [-0.15, -0.1) is 11.3 Å². The SMILES string of the molecule is O=C(CN1C(=O)COc2ccccc21)Nc1nc2c(s1)CCCCCC2. The minimum absolute atomic E-state index is 0.0382. The maximum atomic E-state index is 12.5. The summed E-state index contributed by atoms with van der Waals surface area (Å²) in [6.07, 6.45) is 6.87. The molecule has 0 fully saturated rings. The number of para-hydroxylation sites is 2. The molecular weight excluding hydrogens is 350 g/mol. The van der Waals surface area contributed by atoms with E-state index in [1.807, 2.05) is 12.1 Å². The molecule has 1 aromatic carbocycles. The van der Waals surface area contributed by atoms with Crippen LogP contribution < -0.4 is 15.0 Å². The van der Waals surface area contributed by atoms with E-state index in [4.69, 9.17) is 4.74 Å². The van der Waals surface area contributed by atoms with E-state index in [1.54, 1.807) is 23.5 Å². The number of carbonyl (C=O) groups excluding carboxylic acids is 2. The number of aromatic nitrogens is 1. The van der Waals surface area contributed by atoms with Crippen LogP contribution in [0, 0.1) is 0 Å². The molecule has 1 N–H and O–H groups in total. The Kier molecular flexibility index (Phi) is 4.88. The monoisotopic (exact) mass is 371 g/mol. The lowest BCUT2D eigenvalue weighted by Crippen LogP contribution is -2.43. The molecule has 2 amide bonds. The van der Waals surface area contributed by atoms with E-state index < -0.39 is 0 Å². The first-order valence-electron chi connectivity index (χ1n) is 9.01. The smallest absolute Gasteiger partial charge is 0.265 e. The zero-order valence-electron chi connectivity index (χ0n) is 14.5. The van der Waals surface area contributed by atoms with Crippen LogP contribution in [0.3, 0.4) is 0 Å². The zero-order chi connectivity index (χ0) is 17.9. The van der Waals surface area contributed by atoms with Crippen LogP contribution in [0.25, 0.3) is 0 Å². The van der Waals surface area contributed by atoms with Crippen molar-refractivity contribution < 1.29 is 14.3 Å². The quantitative estimate of drug-likeness (QED) is 0.900. The lowest BCUT2D eigenvalue weighted by molar-refractivity contribution is -0.123. The van der Waals surface area contributed by atoms with Crippen LogP contribution in [0.15, 0.2) is 24.3 Å². The summed E-state index contributed by atoms with van der Waals surface area (Å²) in [6, 6.07) is 7.26. The third kappa shape index (κ3) is 3.58. The molecule has 1 aliphatic carbocycles. The Hall–Kier alpha value is -2.41. The molecule has 1 aliphatic heterocycles. The van der Waals surface area contributed by atoms with Gasteiger partial charge >= 0.3 is 0 Å². The molecule has 1 aromatic heterocycles. The molecule has 2 aliphatic rings. The predicted octanol–water partition coefficient (Wildman–Crippen LogP) is 3.17. The van der Waals surface area contributed by atoms with Crippen molar-refractivity contribution in [3.05, 3.63) is 34.8 Å². The second-order valence-corrected chi connectivity index (χ2v) is 7.67. The average molecular weight is 371 g/mol. The number of carbonyl (C=O) groups is 2. The van der Waals surface area contributed by atoms with Crippen LogP contribution in [0.2, 0.25) is 0 Å². The molecule has 0 spiro atoms. The van der Waals surface area contributed by atoms with Crippen LogP contribution in [-0.2, 0) is 22.4 Å². The Bertz CT molecular complexity index is 808. The second kappa shape index (κ2) is 7.45. The molecular formula is C19H21N3O3S. The standard InChI is InChI=1S/C19H21N3O3S/c23-17(11-22-14-8-5-6-9-15(14)25-12-18(22)24)21-19-20-13-7-3-1-2-4-10-16(13)26-19/h5-6,8-9H,1-4,7,10-12H2,(H,20,21,23). The number of aryl methyl sites for hydroxylation is 2. The number of thiazole rings is 1. The molecule has 4 rings (SSSR count). The Morgan fingerprint density at radius 2 is 2.00 bits per heavy atom. The van der Waals surface area contributed by atoms with Gasteiger partial charge in [-0.05, 0) is 37.8 Å². The van der Waals surface area contributed by atoms with Crippen molar-refractivity contribution in [3.8, 4) is 5.75 Å². The van der Waals surface area contributed by atoms with Gasteiger partial charge < -0.3 is 10.1 Å². The summed E-state index contributed by atoms with van der Waals surface area (Å²) in [5.41, 5.74) is 1.75. The fraction of sp³-hybridized carbons (Fsp3) is 0.421. The highest BCUT2D eigenvalue weighted by Gasteiger charge is 2.27. The van der Waals surface area contributed by atoms with Crippen molar-refractivity contribution in [2.75, 3.05) is 23.4 Å². The molecule has 2 aromatic rings. The molecule has 26 heavy (non-hydrogen) atoms. The predicted molar refractivity (Wildman–Crippen MR) is 101 cm³/mol. The molecule has 0 radical (unpaired) electrons. The van der Waals surface area contributed by atoms with Crippen LogP contribution in [-0.4, -0.2) is 29.9 Å². The minimum Gasteiger partial charge on any atom is -0.482 e. The van der Waals surface area contributed by atoms with E-state index >= 15 is 0 Å². The Morgan fingerprint density at radius 1 is 1.19 bits per heavy atom. The summed E-state index contributed by atoms with van der Waals surface area (Å²) in [7, 11) is 0. The second-order valence-electron chi connectivity index (χ2n) is 6.59. The van der Waals surface area contributed by atoms with Crippen LogP contribution >= 0.6 is 11.3 Å². The summed E-state index contributed by atoms with van der Waals surface area (Å²) in [5.74, 6) is 0.166. The van der Waals surface area contributed by atoms with Gasteiger partial charge in [0.25, 0.3) is 5.91 Å². The molecule has 0 bridgehead atoms. The molecule has 0 atom stereocenters. The highest BCUT2D eigenvalue weighted by molar-refractivity contribution is 7.15. The molecule has 7 heteroatoms. The van der Waals surface area contributed by atoms with E-state index in [9.17, 15) is 9.59 Å². The molecule has 0 unspecified atom stereocenters. The highest BCUT2D eigenvalue weighted by atomic mass is 32.1. The number of ether oxygens (including phenoxy) is 1. The van der Waals surface area contributed by atoms with E-state index in [1.165, 1.54) is 29.0 Å². The minimum atomic E-state index is -0.239. The van der Waals surface area contributed by atoms with Gasteiger partial charge in [-0.25, -0.2) is 4.98 Å². The summed E-state index contributed by atoms with van der Waals surface area (Å²) >= 11 is 1.56. The number of hydrogen-bond donors (Lipinski definition) is 1. The largest absolute Gasteiger partial charge is 0.482 e. The number of amides is 2. The van der Waals surface area contributed by atoms with E-state index in [0.717, 1.165) is 25.0 Å². The van der Waals surface area contributed by atoms with Crippen LogP contribution in [0.5, 0.6) is 5.75 Å². The first-order valence-corrected chi connectivity index (χ1v) is 9.83. The maximum absolute atomic E-state index is 12.5. The van der Waals surface area contributed by atoms with Crippen molar-refractivity contribution in [3.63, 3.8) is 0 Å². The first-order chi connectivity index (χ1) is 12.7. The first kappa shape index (κ1) is 17.0. The van der Waals surface area contributed by atoms with Crippen molar-refractivity contribution in [1.29, 1.82) is 0 Å². The summed E-state index contributed by atoms with van der Waals surface area (Å²) in [6.45, 7) is -0.0840. The number of rotatable bonds is 3.